The second-order valence-electron chi connectivity index (χ2n) is 8.41. The van der Waals surface area contributed by atoms with Crippen LogP contribution in [0.3, 0.4) is 0 Å². The number of hydrogen-bond donors (Lipinski definition) is 3. The monoisotopic (exact) mass is 519 g/mol. The number of nitrogens with zero attached hydrogens (tertiary/aromatic N) is 2. The first kappa shape index (κ1) is 27.4. The molecular formula is C21H38IN5O2. The Bertz CT molecular complexity index is 644. The van der Waals surface area contributed by atoms with E-state index in [1.54, 1.807) is 6.20 Å². The van der Waals surface area contributed by atoms with Gasteiger partial charge in [-0.05, 0) is 58.6 Å². The smallest absolute Gasteiger partial charge is 0.239 e. The summed E-state index contributed by atoms with van der Waals surface area (Å²) < 4.78 is 5.90. The molecule has 0 aliphatic heterocycles. The highest BCUT2D eigenvalue weighted by atomic mass is 127. The second-order valence-corrected chi connectivity index (χ2v) is 8.41. The number of pyridine rings is 1. The van der Waals surface area contributed by atoms with E-state index in [1.807, 2.05) is 39.8 Å². The topological polar surface area (TPSA) is 87.6 Å². The van der Waals surface area contributed by atoms with Crippen LogP contribution in [0, 0.1) is 5.92 Å². The Balaban J connectivity index is 0.00000784. The Morgan fingerprint density at radius 1 is 1.24 bits per heavy atom. The first-order valence-electron chi connectivity index (χ1n) is 10.0. The number of aliphatic imine (C=N–C) groups is 1. The first-order valence-corrected chi connectivity index (χ1v) is 10.0. The van der Waals surface area contributed by atoms with Crippen molar-refractivity contribution in [1.82, 2.24) is 20.9 Å². The molecule has 1 aromatic heterocycles. The second kappa shape index (κ2) is 13.6. The van der Waals surface area contributed by atoms with Gasteiger partial charge >= 0.3 is 0 Å². The van der Waals surface area contributed by atoms with Crippen LogP contribution in [-0.4, -0.2) is 41.6 Å². The molecule has 1 unspecified atom stereocenters. The van der Waals surface area contributed by atoms with E-state index in [0.717, 1.165) is 12.0 Å². The van der Waals surface area contributed by atoms with Gasteiger partial charge in [0, 0.05) is 24.3 Å². The highest BCUT2D eigenvalue weighted by Gasteiger charge is 2.13. The molecule has 1 aromatic rings. The normalized spacial score (nSPS) is 12.8. The number of guanidine groups is 1. The fourth-order valence-electron chi connectivity index (χ4n) is 2.67. The van der Waals surface area contributed by atoms with Gasteiger partial charge in [0.2, 0.25) is 11.8 Å². The Kier molecular flexibility index (Phi) is 12.9. The van der Waals surface area contributed by atoms with Gasteiger partial charge in [-0.2, -0.15) is 0 Å². The van der Waals surface area contributed by atoms with Gasteiger partial charge in [0.15, 0.2) is 5.96 Å². The molecule has 0 bridgehead atoms. The lowest BCUT2D eigenvalue weighted by Crippen LogP contribution is -2.48. The van der Waals surface area contributed by atoms with E-state index >= 15 is 0 Å². The summed E-state index contributed by atoms with van der Waals surface area (Å²) in [4.78, 5) is 20.8. The molecule has 0 aliphatic rings. The molecule has 7 nitrogen and oxygen atoms in total. The third-order valence-electron chi connectivity index (χ3n) is 3.62. The number of halogens is 1. The summed E-state index contributed by atoms with van der Waals surface area (Å²) in [6, 6.07) is 3.83. The van der Waals surface area contributed by atoms with Gasteiger partial charge in [0.25, 0.3) is 0 Å². The summed E-state index contributed by atoms with van der Waals surface area (Å²) in [5.41, 5.74) is 0.743. The lowest BCUT2D eigenvalue weighted by molar-refractivity contribution is -0.121. The molecule has 0 aromatic carbocycles. The minimum Gasteiger partial charge on any atom is -0.475 e. The van der Waals surface area contributed by atoms with Crippen molar-refractivity contribution in [3.63, 3.8) is 0 Å². The summed E-state index contributed by atoms with van der Waals surface area (Å²) in [6.07, 6.45) is 2.83. The van der Waals surface area contributed by atoms with Crippen LogP contribution in [0.1, 0.15) is 60.5 Å². The fourth-order valence-corrected chi connectivity index (χ4v) is 2.67. The molecule has 0 radical (unpaired) electrons. The van der Waals surface area contributed by atoms with Crippen LogP contribution in [0.2, 0.25) is 0 Å². The van der Waals surface area contributed by atoms with Crippen LogP contribution < -0.4 is 20.7 Å². The molecule has 1 rings (SSSR count). The average Bonchev–Trinajstić information content (AvgIpc) is 2.55. The van der Waals surface area contributed by atoms with E-state index in [1.165, 1.54) is 0 Å². The maximum Gasteiger partial charge on any atom is 0.239 e. The molecule has 166 valence electrons. The SMILES string of the molecule is CCNC(=NCc1ccnc(OC(C)CC(C)C)c1)NCC(=O)NC(C)(C)C.I. The van der Waals surface area contributed by atoms with Crippen LogP contribution in [-0.2, 0) is 11.3 Å². The Morgan fingerprint density at radius 3 is 2.52 bits per heavy atom. The molecule has 0 saturated carbocycles. The van der Waals surface area contributed by atoms with Gasteiger partial charge in [-0.3, -0.25) is 4.79 Å². The summed E-state index contributed by atoms with van der Waals surface area (Å²) in [6.45, 7) is 15.6. The standard InChI is InChI=1S/C21H37N5O2.HI/c1-8-22-20(25-14-18(27)26-21(5,6)7)24-13-17-9-10-23-19(12-17)28-16(4)11-15(2)3;/h9-10,12,15-16H,8,11,13-14H2,1-7H3,(H,26,27)(H2,22,24,25);1H. The van der Waals surface area contributed by atoms with Gasteiger partial charge in [0.1, 0.15) is 0 Å². The summed E-state index contributed by atoms with van der Waals surface area (Å²) in [5.74, 6) is 1.71. The predicted molar refractivity (Wildman–Crippen MR) is 130 cm³/mol. The Morgan fingerprint density at radius 2 is 1.93 bits per heavy atom. The molecule has 29 heavy (non-hydrogen) atoms. The maximum atomic E-state index is 12.0. The third kappa shape index (κ3) is 13.3. The van der Waals surface area contributed by atoms with Crippen molar-refractivity contribution in [1.29, 1.82) is 0 Å². The van der Waals surface area contributed by atoms with E-state index in [4.69, 9.17) is 4.74 Å². The van der Waals surface area contributed by atoms with Crippen LogP contribution in [0.5, 0.6) is 5.88 Å². The molecule has 1 atom stereocenters. The summed E-state index contributed by atoms with van der Waals surface area (Å²) in [7, 11) is 0. The van der Waals surface area contributed by atoms with E-state index in [2.05, 4.69) is 46.7 Å². The lowest BCUT2D eigenvalue weighted by atomic mass is 10.1. The van der Waals surface area contributed by atoms with Crippen molar-refractivity contribution < 1.29 is 9.53 Å². The number of amides is 1. The summed E-state index contributed by atoms with van der Waals surface area (Å²) >= 11 is 0. The van der Waals surface area contributed by atoms with Crippen LogP contribution >= 0.6 is 24.0 Å². The number of aromatic nitrogens is 1. The number of carbonyl (C=O) groups excluding carboxylic acids is 1. The van der Waals surface area contributed by atoms with Gasteiger partial charge in [-0.1, -0.05) is 13.8 Å². The number of rotatable bonds is 9. The number of hydrogen-bond acceptors (Lipinski definition) is 4. The number of nitrogens with one attached hydrogen (secondary N) is 3. The molecule has 0 spiro atoms. The van der Waals surface area contributed by atoms with E-state index < -0.39 is 0 Å². The van der Waals surface area contributed by atoms with Crippen molar-refractivity contribution >= 4 is 35.8 Å². The van der Waals surface area contributed by atoms with E-state index in [0.29, 0.717) is 30.8 Å². The molecule has 1 heterocycles. The minimum absolute atomic E-state index is 0. The van der Waals surface area contributed by atoms with Crippen LogP contribution in [0.4, 0.5) is 0 Å². The zero-order chi connectivity index (χ0) is 21.2. The Labute approximate surface area is 192 Å². The minimum atomic E-state index is -0.256. The van der Waals surface area contributed by atoms with E-state index in [-0.39, 0.29) is 48.1 Å². The molecule has 1 amide bonds. The zero-order valence-electron chi connectivity index (χ0n) is 18.8. The van der Waals surface area contributed by atoms with Crippen molar-refractivity contribution in [2.45, 2.75) is 73.1 Å². The fraction of sp³-hybridized carbons (Fsp3) is 0.667. The predicted octanol–water partition coefficient (Wildman–Crippen LogP) is 3.48. The van der Waals surface area contributed by atoms with Crippen molar-refractivity contribution in [2.75, 3.05) is 13.1 Å². The molecule has 0 aliphatic carbocycles. The van der Waals surface area contributed by atoms with Gasteiger partial charge in [0.05, 0.1) is 19.2 Å². The van der Waals surface area contributed by atoms with Gasteiger partial charge < -0.3 is 20.7 Å². The molecule has 0 fully saturated rings. The lowest BCUT2D eigenvalue weighted by Gasteiger charge is -2.21. The first-order chi connectivity index (χ1) is 13.1. The van der Waals surface area contributed by atoms with Crippen molar-refractivity contribution in [2.24, 2.45) is 10.9 Å². The largest absolute Gasteiger partial charge is 0.475 e. The van der Waals surface area contributed by atoms with Crippen LogP contribution in [0.15, 0.2) is 23.3 Å². The molecule has 8 heteroatoms. The quantitative estimate of drug-likeness (QED) is 0.264. The average molecular weight is 519 g/mol. The van der Waals surface area contributed by atoms with Gasteiger partial charge in [-0.15, -0.1) is 24.0 Å². The zero-order valence-corrected chi connectivity index (χ0v) is 21.2. The maximum absolute atomic E-state index is 12.0. The number of ether oxygens (including phenoxy) is 1. The highest BCUT2D eigenvalue weighted by Crippen LogP contribution is 2.15. The van der Waals surface area contributed by atoms with Crippen molar-refractivity contribution in [3.05, 3.63) is 23.9 Å². The molecule has 0 saturated heterocycles. The van der Waals surface area contributed by atoms with Crippen LogP contribution in [0.25, 0.3) is 0 Å². The summed E-state index contributed by atoms with van der Waals surface area (Å²) in [5, 5.41) is 9.13. The van der Waals surface area contributed by atoms with E-state index in [9.17, 15) is 4.79 Å². The Hall–Kier alpha value is -1.58. The third-order valence-corrected chi connectivity index (χ3v) is 3.62. The molecular weight excluding hydrogens is 481 g/mol. The molecule has 3 N–H and O–H groups in total. The number of carbonyl (C=O) groups is 1. The van der Waals surface area contributed by atoms with Crippen molar-refractivity contribution in [3.8, 4) is 5.88 Å². The van der Waals surface area contributed by atoms with Gasteiger partial charge in [-0.25, -0.2) is 9.98 Å². The highest BCUT2D eigenvalue weighted by molar-refractivity contribution is 14.0.